The quantitative estimate of drug-likeness (QED) is 0.231. The standard InChI is InChI=1S/C32H27F4N5O5/c1-30(29(37)43)15-45-27-23(30)11-25(41-26(27)17-2-5-20(33)6-3-17)31(44,32(34,35)36)14-40-28(42)18-4-9-24(46-21-7-8-21)22(10-18)19-12-38-16-39-13-19/h2-6,9-13,16,21,44H,7-8,14-15H2,1H3,(H2,37,43)(H,40,42)/t30-,31-/m0/s1. The van der Waals surface area contributed by atoms with Gasteiger partial charge in [0.1, 0.15) is 41.4 Å². The van der Waals surface area contributed by atoms with Gasteiger partial charge in [-0.25, -0.2) is 19.3 Å². The molecule has 0 spiro atoms. The molecule has 4 N–H and O–H groups in total. The second-order valence-electron chi connectivity index (χ2n) is 11.4. The highest BCUT2D eigenvalue weighted by Gasteiger charge is 2.57. The maximum Gasteiger partial charge on any atom is 0.424 e. The number of rotatable bonds is 9. The molecule has 10 nitrogen and oxygen atoms in total. The average molecular weight is 638 g/mol. The van der Waals surface area contributed by atoms with Crippen LogP contribution >= 0.6 is 0 Å². The first-order valence-electron chi connectivity index (χ1n) is 14.2. The Kier molecular flexibility index (Phi) is 7.63. The first-order chi connectivity index (χ1) is 21.8. The van der Waals surface area contributed by atoms with Crippen molar-refractivity contribution < 1.29 is 41.7 Å². The smallest absolute Gasteiger partial charge is 0.424 e. The Balaban J connectivity index is 1.38. The highest BCUT2D eigenvalue weighted by Crippen LogP contribution is 2.47. The number of alkyl halides is 3. The maximum absolute atomic E-state index is 14.8. The van der Waals surface area contributed by atoms with Gasteiger partial charge in [0, 0.05) is 40.2 Å². The molecule has 3 heterocycles. The van der Waals surface area contributed by atoms with Gasteiger partial charge in [0.05, 0.1) is 18.3 Å². The van der Waals surface area contributed by atoms with Gasteiger partial charge in [0.25, 0.3) is 5.91 Å². The number of nitrogens with zero attached hydrogens (tertiary/aromatic N) is 3. The van der Waals surface area contributed by atoms with Crippen LogP contribution < -0.4 is 20.5 Å². The lowest BCUT2D eigenvalue weighted by Gasteiger charge is -2.31. The molecule has 238 valence electrons. The van der Waals surface area contributed by atoms with Crippen LogP contribution in [0, 0.1) is 5.82 Å². The average Bonchev–Trinajstić information content (AvgIpc) is 3.79. The van der Waals surface area contributed by atoms with E-state index < -0.39 is 47.1 Å². The van der Waals surface area contributed by atoms with E-state index in [1.54, 1.807) is 0 Å². The maximum atomic E-state index is 14.8. The Bertz CT molecular complexity index is 1820. The molecule has 2 aromatic carbocycles. The van der Waals surface area contributed by atoms with Crippen LogP contribution in [-0.2, 0) is 15.8 Å². The molecule has 4 aromatic rings. The summed E-state index contributed by atoms with van der Waals surface area (Å²) in [5.41, 5.74) is 0.287. The zero-order chi connectivity index (χ0) is 32.9. The predicted molar refractivity (Wildman–Crippen MR) is 155 cm³/mol. The number of aliphatic hydroxyl groups is 1. The van der Waals surface area contributed by atoms with E-state index in [9.17, 15) is 32.3 Å². The Labute approximate surface area is 259 Å². The van der Waals surface area contributed by atoms with Crippen LogP contribution in [0.25, 0.3) is 22.4 Å². The van der Waals surface area contributed by atoms with Crippen molar-refractivity contribution in [1.82, 2.24) is 20.3 Å². The zero-order valence-electron chi connectivity index (χ0n) is 24.3. The van der Waals surface area contributed by atoms with Crippen LogP contribution in [0.1, 0.15) is 41.4 Å². The van der Waals surface area contributed by atoms with Crippen molar-refractivity contribution in [2.75, 3.05) is 13.2 Å². The fourth-order valence-corrected chi connectivity index (χ4v) is 5.05. The van der Waals surface area contributed by atoms with Gasteiger partial charge in [0.2, 0.25) is 11.5 Å². The Morgan fingerprint density at radius 1 is 1.09 bits per heavy atom. The van der Waals surface area contributed by atoms with Crippen molar-refractivity contribution in [3.8, 4) is 33.9 Å². The molecule has 2 aliphatic rings. The second kappa shape index (κ2) is 11.4. The summed E-state index contributed by atoms with van der Waals surface area (Å²) in [6.07, 6.45) is 0.735. The fourth-order valence-electron chi connectivity index (χ4n) is 5.05. The van der Waals surface area contributed by atoms with Crippen LogP contribution in [0.15, 0.2) is 67.3 Å². The summed E-state index contributed by atoms with van der Waals surface area (Å²) in [7, 11) is 0. The van der Waals surface area contributed by atoms with E-state index in [2.05, 4.69) is 20.3 Å². The molecule has 0 radical (unpaired) electrons. The molecule has 2 atom stereocenters. The van der Waals surface area contributed by atoms with Crippen LogP contribution in [-0.4, -0.2) is 57.3 Å². The van der Waals surface area contributed by atoms with Gasteiger partial charge < -0.3 is 25.6 Å². The van der Waals surface area contributed by atoms with Gasteiger partial charge in [-0.3, -0.25) is 9.59 Å². The van der Waals surface area contributed by atoms with Crippen molar-refractivity contribution in [3.05, 3.63) is 89.9 Å². The molecule has 1 aliphatic carbocycles. The molecule has 1 aliphatic heterocycles. The summed E-state index contributed by atoms with van der Waals surface area (Å²) in [6, 6.07) is 9.95. The molecule has 14 heteroatoms. The molecular formula is C32H27F4N5O5. The number of primary amides is 1. The van der Waals surface area contributed by atoms with Crippen molar-refractivity contribution in [1.29, 1.82) is 0 Å². The van der Waals surface area contributed by atoms with Gasteiger partial charge in [-0.2, -0.15) is 13.2 Å². The molecule has 0 unspecified atom stereocenters. The predicted octanol–water partition coefficient (Wildman–Crippen LogP) is 4.20. The zero-order valence-corrected chi connectivity index (χ0v) is 24.3. The van der Waals surface area contributed by atoms with E-state index in [4.69, 9.17) is 15.2 Å². The monoisotopic (exact) mass is 637 g/mol. The normalized spacial score (nSPS) is 18.7. The van der Waals surface area contributed by atoms with Gasteiger partial charge in [-0.1, -0.05) is 0 Å². The number of halogens is 4. The number of benzene rings is 2. The van der Waals surface area contributed by atoms with Crippen LogP contribution in [0.3, 0.4) is 0 Å². The minimum Gasteiger partial charge on any atom is -0.490 e. The number of ether oxygens (including phenoxy) is 2. The van der Waals surface area contributed by atoms with Gasteiger partial charge in [-0.15, -0.1) is 0 Å². The number of nitrogens with two attached hydrogens (primary N) is 1. The first kappa shape index (κ1) is 30.9. The lowest BCUT2D eigenvalue weighted by molar-refractivity contribution is -0.265. The Hall–Kier alpha value is -5.11. The van der Waals surface area contributed by atoms with E-state index >= 15 is 0 Å². The molecule has 0 saturated heterocycles. The van der Waals surface area contributed by atoms with Crippen molar-refractivity contribution >= 4 is 11.8 Å². The molecule has 46 heavy (non-hydrogen) atoms. The van der Waals surface area contributed by atoms with E-state index in [-0.39, 0.29) is 40.8 Å². The lowest BCUT2D eigenvalue weighted by atomic mass is 9.81. The highest BCUT2D eigenvalue weighted by atomic mass is 19.4. The number of carbonyl (C=O) groups excluding carboxylic acids is 2. The topological polar surface area (TPSA) is 150 Å². The van der Waals surface area contributed by atoms with Crippen LogP contribution in [0.5, 0.6) is 11.5 Å². The van der Waals surface area contributed by atoms with E-state index in [1.807, 2.05) is 0 Å². The number of nitrogens with one attached hydrogen (secondary N) is 1. The summed E-state index contributed by atoms with van der Waals surface area (Å²) in [5.74, 6) is -1.99. The highest BCUT2D eigenvalue weighted by molar-refractivity contribution is 5.96. The van der Waals surface area contributed by atoms with Crippen molar-refractivity contribution in [2.24, 2.45) is 5.73 Å². The molecule has 2 aromatic heterocycles. The molecule has 2 amide bonds. The lowest BCUT2D eigenvalue weighted by Crippen LogP contribution is -2.51. The van der Waals surface area contributed by atoms with Gasteiger partial charge in [-0.05, 0) is 68.3 Å². The number of fused-ring (bicyclic) bond motifs is 1. The second-order valence-corrected chi connectivity index (χ2v) is 11.4. The largest absolute Gasteiger partial charge is 0.490 e. The molecule has 1 saturated carbocycles. The Morgan fingerprint density at radius 3 is 2.41 bits per heavy atom. The van der Waals surface area contributed by atoms with Gasteiger partial charge in [0.15, 0.2) is 0 Å². The molecule has 1 fully saturated rings. The summed E-state index contributed by atoms with van der Waals surface area (Å²) < 4.78 is 69.6. The van der Waals surface area contributed by atoms with E-state index in [1.165, 1.54) is 56.0 Å². The SMILES string of the molecule is C[C@]1(C(N)=O)COc2c1cc([C@@](O)(CNC(=O)c1ccc(OC3CC3)c(-c3cncnc3)c1)C(F)(F)F)nc2-c1ccc(F)cc1. The first-order valence-corrected chi connectivity index (χ1v) is 14.2. The molecular weight excluding hydrogens is 610 g/mol. The fraction of sp³-hybridized carbons (Fsp3) is 0.281. The van der Waals surface area contributed by atoms with Crippen molar-refractivity contribution in [2.45, 2.75) is 43.1 Å². The summed E-state index contributed by atoms with van der Waals surface area (Å²) in [6.45, 7) is -0.255. The Morgan fingerprint density at radius 2 is 1.78 bits per heavy atom. The number of amides is 2. The van der Waals surface area contributed by atoms with E-state index in [0.717, 1.165) is 31.0 Å². The third-order valence-corrected chi connectivity index (χ3v) is 8.06. The third-order valence-electron chi connectivity index (χ3n) is 8.06. The number of pyridine rings is 1. The van der Waals surface area contributed by atoms with Crippen LogP contribution in [0.4, 0.5) is 17.6 Å². The van der Waals surface area contributed by atoms with Gasteiger partial charge >= 0.3 is 6.18 Å². The molecule has 6 rings (SSSR count). The minimum atomic E-state index is -5.36. The van der Waals surface area contributed by atoms with Crippen LogP contribution in [0.2, 0.25) is 0 Å². The summed E-state index contributed by atoms with van der Waals surface area (Å²) >= 11 is 0. The molecule has 0 bridgehead atoms. The minimum absolute atomic E-state index is 0.0184. The third kappa shape index (κ3) is 5.60. The number of hydrogen-bond acceptors (Lipinski definition) is 8. The summed E-state index contributed by atoms with van der Waals surface area (Å²) in [5, 5.41) is 13.5. The summed E-state index contributed by atoms with van der Waals surface area (Å²) in [4.78, 5) is 37.8. The number of hydrogen-bond donors (Lipinski definition) is 3. The number of carbonyl (C=O) groups is 2. The number of aromatic nitrogens is 3. The van der Waals surface area contributed by atoms with Crippen molar-refractivity contribution in [3.63, 3.8) is 0 Å². The van der Waals surface area contributed by atoms with E-state index in [0.29, 0.717) is 16.9 Å².